The number of aromatic nitrogens is 3. The summed E-state index contributed by atoms with van der Waals surface area (Å²) < 4.78 is 3.83. The van der Waals surface area contributed by atoms with Crippen LogP contribution >= 0.6 is 11.6 Å². The van der Waals surface area contributed by atoms with Crippen LogP contribution in [0.3, 0.4) is 0 Å². The van der Waals surface area contributed by atoms with E-state index in [0.29, 0.717) is 10.8 Å². The van der Waals surface area contributed by atoms with Gasteiger partial charge < -0.3 is 4.57 Å². The van der Waals surface area contributed by atoms with E-state index >= 15 is 0 Å². The minimum atomic E-state index is -0.0703. The summed E-state index contributed by atoms with van der Waals surface area (Å²) in [6.45, 7) is 5.16. The first-order valence-electron chi connectivity index (χ1n) is 10.6. The molecule has 0 unspecified atom stereocenters. The molecule has 0 saturated heterocycles. The molecule has 0 radical (unpaired) electrons. The summed E-state index contributed by atoms with van der Waals surface area (Å²) in [4.78, 5) is 17.8. The lowest BCUT2D eigenvalue weighted by atomic mass is 10.1. The van der Waals surface area contributed by atoms with Gasteiger partial charge in [-0.25, -0.2) is 4.98 Å². The van der Waals surface area contributed by atoms with Crippen molar-refractivity contribution in [1.82, 2.24) is 14.0 Å². The average Bonchev–Trinajstić information content (AvgIpc) is 3.22. The Morgan fingerprint density at radius 1 is 0.933 bits per heavy atom. The molecule has 5 heteroatoms. The van der Waals surface area contributed by atoms with Gasteiger partial charge in [-0.15, -0.1) is 0 Å². The van der Waals surface area contributed by atoms with Gasteiger partial charge in [0.15, 0.2) is 0 Å². The van der Waals surface area contributed by atoms with Crippen molar-refractivity contribution < 1.29 is 0 Å². The van der Waals surface area contributed by atoms with Crippen LogP contribution in [0.1, 0.15) is 38.7 Å². The van der Waals surface area contributed by atoms with Crippen molar-refractivity contribution in [3.8, 4) is 22.5 Å². The summed E-state index contributed by atoms with van der Waals surface area (Å²) >= 11 is 6.03. The molecule has 0 amide bonds. The lowest BCUT2D eigenvalue weighted by molar-refractivity contribution is 0.606. The molecule has 2 aromatic heterocycles. The lowest BCUT2D eigenvalue weighted by Gasteiger charge is -2.15. The summed E-state index contributed by atoms with van der Waals surface area (Å²) in [6, 6.07) is 17.7. The predicted molar refractivity (Wildman–Crippen MR) is 124 cm³/mol. The molecule has 0 aliphatic rings. The molecule has 2 heterocycles. The SMILES string of the molecule is CCCCCn1c(-c2ccc(CC)cc2)cc(=O)n2cc(-c3ccc(Cl)cc3)nc12. The zero-order valence-corrected chi connectivity index (χ0v) is 18.2. The maximum Gasteiger partial charge on any atom is 0.259 e. The second-order valence-corrected chi connectivity index (χ2v) is 8.02. The molecular weight excluding hydrogens is 394 g/mol. The molecule has 0 atom stereocenters. The Morgan fingerprint density at radius 2 is 1.63 bits per heavy atom. The number of benzene rings is 2. The topological polar surface area (TPSA) is 39.3 Å². The van der Waals surface area contributed by atoms with Gasteiger partial charge in [0.05, 0.1) is 11.4 Å². The molecule has 4 rings (SSSR count). The third-order valence-corrected chi connectivity index (χ3v) is 5.75. The van der Waals surface area contributed by atoms with Crippen LogP contribution in [-0.4, -0.2) is 14.0 Å². The minimum Gasteiger partial charge on any atom is -0.311 e. The molecule has 4 aromatic rings. The molecule has 0 saturated carbocycles. The first-order chi connectivity index (χ1) is 14.6. The molecule has 0 fully saturated rings. The molecule has 0 aliphatic heterocycles. The number of hydrogen-bond acceptors (Lipinski definition) is 2. The van der Waals surface area contributed by atoms with Crippen LogP contribution in [0, 0.1) is 0 Å². The second kappa shape index (κ2) is 8.88. The number of fused-ring (bicyclic) bond motifs is 1. The quantitative estimate of drug-likeness (QED) is 0.333. The number of imidazole rings is 1. The second-order valence-electron chi connectivity index (χ2n) is 7.58. The molecule has 0 N–H and O–H groups in total. The monoisotopic (exact) mass is 419 g/mol. The fourth-order valence-electron chi connectivity index (χ4n) is 3.75. The molecule has 154 valence electrons. The third kappa shape index (κ3) is 4.05. The Morgan fingerprint density at radius 3 is 2.30 bits per heavy atom. The van der Waals surface area contributed by atoms with E-state index < -0.39 is 0 Å². The summed E-state index contributed by atoms with van der Waals surface area (Å²) in [5, 5.41) is 0.680. The van der Waals surface area contributed by atoms with E-state index in [-0.39, 0.29) is 5.56 Å². The number of hydrogen-bond donors (Lipinski definition) is 0. The molecule has 4 nitrogen and oxygen atoms in total. The van der Waals surface area contributed by atoms with Gasteiger partial charge in [0, 0.05) is 29.4 Å². The highest BCUT2D eigenvalue weighted by molar-refractivity contribution is 6.30. The van der Waals surface area contributed by atoms with Gasteiger partial charge in [-0.05, 0) is 36.1 Å². The molecule has 30 heavy (non-hydrogen) atoms. The van der Waals surface area contributed by atoms with Gasteiger partial charge in [-0.3, -0.25) is 9.20 Å². The highest BCUT2D eigenvalue weighted by Gasteiger charge is 2.15. The molecule has 0 spiro atoms. The van der Waals surface area contributed by atoms with Crippen LogP contribution in [0.15, 0.2) is 65.6 Å². The van der Waals surface area contributed by atoms with Crippen molar-refractivity contribution in [2.75, 3.05) is 0 Å². The maximum absolute atomic E-state index is 13.0. The Kier molecular flexibility index (Phi) is 6.05. The molecule has 0 bridgehead atoms. The summed E-state index contributed by atoms with van der Waals surface area (Å²) in [7, 11) is 0. The van der Waals surface area contributed by atoms with E-state index in [2.05, 4.69) is 42.7 Å². The largest absolute Gasteiger partial charge is 0.311 e. The van der Waals surface area contributed by atoms with E-state index in [1.54, 1.807) is 10.5 Å². The third-order valence-electron chi connectivity index (χ3n) is 5.50. The van der Waals surface area contributed by atoms with Crippen molar-refractivity contribution in [3.05, 3.63) is 81.7 Å². The van der Waals surface area contributed by atoms with Crippen LogP contribution in [0.2, 0.25) is 5.02 Å². The number of halogens is 1. The van der Waals surface area contributed by atoms with Gasteiger partial charge in [-0.2, -0.15) is 0 Å². The maximum atomic E-state index is 13.0. The van der Waals surface area contributed by atoms with E-state index in [4.69, 9.17) is 16.6 Å². The average molecular weight is 420 g/mol. The zero-order chi connectivity index (χ0) is 21.1. The van der Waals surface area contributed by atoms with Crippen molar-refractivity contribution in [3.63, 3.8) is 0 Å². The number of unbranched alkanes of at least 4 members (excludes halogenated alkanes) is 2. The Balaban J connectivity index is 1.88. The zero-order valence-electron chi connectivity index (χ0n) is 17.4. The van der Waals surface area contributed by atoms with Gasteiger partial charge in [0.1, 0.15) is 0 Å². The minimum absolute atomic E-state index is 0.0703. The predicted octanol–water partition coefficient (Wildman–Crippen LogP) is 6.24. The summed E-state index contributed by atoms with van der Waals surface area (Å²) in [6.07, 6.45) is 6.13. The van der Waals surface area contributed by atoms with Gasteiger partial charge in [-0.1, -0.05) is 74.7 Å². The summed E-state index contributed by atoms with van der Waals surface area (Å²) in [5.41, 5.74) is 4.88. The van der Waals surface area contributed by atoms with E-state index in [9.17, 15) is 4.79 Å². The van der Waals surface area contributed by atoms with Crippen molar-refractivity contribution >= 4 is 17.4 Å². The Hall–Kier alpha value is -2.85. The van der Waals surface area contributed by atoms with Crippen LogP contribution in [0.4, 0.5) is 0 Å². The van der Waals surface area contributed by atoms with Crippen molar-refractivity contribution in [2.24, 2.45) is 0 Å². The fraction of sp³-hybridized carbons (Fsp3) is 0.280. The van der Waals surface area contributed by atoms with Crippen LogP contribution in [0.25, 0.3) is 28.3 Å². The van der Waals surface area contributed by atoms with Crippen molar-refractivity contribution in [2.45, 2.75) is 46.1 Å². The Bertz CT molecular complexity index is 1200. The van der Waals surface area contributed by atoms with Crippen LogP contribution in [0.5, 0.6) is 0 Å². The highest BCUT2D eigenvalue weighted by atomic mass is 35.5. The lowest BCUT2D eigenvalue weighted by Crippen LogP contribution is -2.18. The van der Waals surface area contributed by atoms with E-state index in [1.807, 2.05) is 30.5 Å². The normalized spacial score (nSPS) is 11.3. The van der Waals surface area contributed by atoms with Crippen LogP contribution in [-0.2, 0) is 13.0 Å². The number of rotatable bonds is 7. The highest BCUT2D eigenvalue weighted by Crippen LogP contribution is 2.25. The first-order valence-corrected chi connectivity index (χ1v) is 11.0. The molecule has 0 aliphatic carbocycles. The van der Waals surface area contributed by atoms with E-state index in [0.717, 1.165) is 54.7 Å². The Labute approximate surface area is 181 Å². The summed E-state index contributed by atoms with van der Waals surface area (Å²) in [5.74, 6) is 0.679. The van der Waals surface area contributed by atoms with Gasteiger partial charge >= 0.3 is 0 Å². The smallest absolute Gasteiger partial charge is 0.259 e. The number of aryl methyl sites for hydroxylation is 2. The van der Waals surface area contributed by atoms with E-state index in [1.165, 1.54) is 5.56 Å². The number of nitrogens with zero attached hydrogens (tertiary/aromatic N) is 3. The van der Waals surface area contributed by atoms with Crippen LogP contribution < -0.4 is 5.56 Å². The van der Waals surface area contributed by atoms with Gasteiger partial charge in [0.25, 0.3) is 5.56 Å². The van der Waals surface area contributed by atoms with Gasteiger partial charge in [0.2, 0.25) is 5.78 Å². The molecular formula is C25H26ClN3O. The first kappa shape index (κ1) is 20.4. The molecule has 2 aromatic carbocycles. The van der Waals surface area contributed by atoms with Crippen molar-refractivity contribution in [1.29, 1.82) is 0 Å². The fourth-order valence-corrected chi connectivity index (χ4v) is 3.87. The standard InChI is InChI=1S/C25H26ClN3O/c1-3-5-6-15-28-23(20-9-7-18(4-2)8-10-20)16-24(30)29-17-22(27-25(28)29)19-11-13-21(26)14-12-19/h7-14,16-17H,3-6,15H2,1-2H3.